The Morgan fingerprint density at radius 2 is 2.19 bits per heavy atom. The minimum Gasteiger partial charge on any atom is -0.459 e. The fraction of sp³-hybridized carbons (Fsp3) is 0.375. The number of benzene rings is 1. The molecule has 0 aliphatic heterocycles. The molecule has 0 aliphatic carbocycles. The summed E-state index contributed by atoms with van der Waals surface area (Å²) in [5.74, 6) is -0.604. The van der Waals surface area contributed by atoms with E-state index in [4.69, 9.17) is 10.5 Å². The summed E-state index contributed by atoms with van der Waals surface area (Å²) >= 11 is 0. The molecule has 0 saturated carbocycles. The fourth-order valence-corrected chi connectivity index (χ4v) is 2.11. The van der Waals surface area contributed by atoms with Gasteiger partial charge in [0.2, 0.25) is 0 Å². The van der Waals surface area contributed by atoms with Gasteiger partial charge in [-0.1, -0.05) is 19.1 Å². The Morgan fingerprint density at radius 1 is 1.43 bits per heavy atom. The molecule has 2 aromatic rings. The normalized spacial score (nSPS) is 12.1. The average molecular weight is 287 g/mol. The highest BCUT2D eigenvalue weighted by Crippen LogP contribution is 2.19. The quantitative estimate of drug-likeness (QED) is 0.677. The molecule has 21 heavy (non-hydrogen) atoms. The number of hydrogen-bond donors (Lipinski definition) is 1. The summed E-state index contributed by atoms with van der Waals surface area (Å²) in [7, 11) is 1.85. The Kier molecular flexibility index (Phi) is 4.62. The molecule has 5 nitrogen and oxygen atoms in total. The number of anilines is 1. The van der Waals surface area contributed by atoms with Crippen LogP contribution in [0, 0.1) is 0 Å². The van der Waals surface area contributed by atoms with Gasteiger partial charge in [0, 0.05) is 12.7 Å². The zero-order valence-electron chi connectivity index (χ0n) is 12.7. The van der Waals surface area contributed by atoms with Gasteiger partial charge in [0.25, 0.3) is 0 Å². The Labute approximate surface area is 124 Å². The van der Waals surface area contributed by atoms with Crippen molar-refractivity contribution in [1.82, 2.24) is 9.78 Å². The second-order valence-corrected chi connectivity index (χ2v) is 5.10. The molecule has 2 N–H and O–H groups in total. The third kappa shape index (κ3) is 3.62. The predicted molar refractivity (Wildman–Crippen MR) is 81.7 cm³/mol. The van der Waals surface area contributed by atoms with Crippen molar-refractivity contribution in [1.29, 1.82) is 0 Å². The van der Waals surface area contributed by atoms with Crippen LogP contribution in [0.4, 0.5) is 5.69 Å². The van der Waals surface area contributed by atoms with Gasteiger partial charge in [-0.3, -0.25) is 9.48 Å². The monoisotopic (exact) mass is 287 g/mol. The summed E-state index contributed by atoms with van der Waals surface area (Å²) in [6.07, 6.45) is 0.863. The van der Waals surface area contributed by atoms with Gasteiger partial charge in [0.1, 0.15) is 6.61 Å². The predicted octanol–water partition coefficient (Wildman–Crippen LogP) is 2.41. The molecule has 1 heterocycles. The number of aryl methyl sites for hydroxylation is 2. The first-order valence-electron chi connectivity index (χ1n) is 7.05. The Morgan fingerprint density at radius 3 is 2.81 bits per heavy atom. The summed E-state index contributed by atoms with van der Waals surface area (Å²) in [4.78, 5) is 12.1. The van der Waals surface area contributed by atoms with Gasteiger partial charge in [-0.15, -0.1) is 0 Å². The largest absolute Gasteiger partial charge is 0.459 e. The highest BCUT2D eigenvalue weighted by atomic mass is 16.5. The van der Waals surface area contributed by atoms with Crippen molar-refractivity contribution in [2.75, 3.05) is 5.73 Å². The lowest BCUT2D eigenvalue weighted by Crippen LogP contribution is -2.14. The third-order valence-electron chi connectivity index (χ3n) is 3.52. The number of esters is 1. The Bertz CT molecular complexity index is 634. The summed E-state index contributed by atoms with van der Waals surface area (Å²) in [6, 6.07) is 9.26. The minimum absolute atomic E-state index is 0.231. The average Bonchev–Trinajstić information content (AvgIpc) is 2.84. The maximum atomic E-state index is 12.1. The number of nitrogens with zero attached hydrogens (tertiary/aromatic N) is 2. The topological polar surface area (TPSA) is 70.1 Å². The zero-order chi connectivity index (χ0) is 15.4. The zero-order valence-corrected chi connectivity index (χ0v) is 12.7. The van der Waals surface area contributed by atoms with Gasteiger partial charge < -0.3 is 10.5 Å². The van der Waals surface area contributed by atoms with E-state index >= 15 is 0 Å². The number of carbonyl (C=O) groups is 1. The van der Waals surface area contributed by atoms with Crippen molar-refractivity contribution in [3.05, 3.63) is 47.3 Å². The highest BCUT2D eigenvalue weighted by molar-refractivity contribution is 5.78. The van der Waals surface area contributed by atoms with Crippen LogP contribution in [0.2, 0.25) is 0 Å². The Hall–Kier alpha value is -2.30. The molecule has 0 spiro atoms. The van der Waals surface area contributed by atoms with Gasteiger partial charge in [-0.25, -0.2) is 0 Å². The van der Waals surface area contributed by atoms with Crippen LogP contribution in [0.5, 0.6) is 0 Å². The van der Waals surface area contributed by atoms with Crippen LogP contribution in [-0.4, -0.2) is 15.7 Å². The number of ether oxygens (including phenoxy) is 1. The van der Waals surface area contributed by atoms with E-state index in [9.17, 15) is 4.79 Å². The van der Waals surface area contributed by atoms with Gasteiger partial charge in [0.15, 0.2) is 0 Å². The summed E-state index contributed by atoms with van der Waals surface area (Å²) in [5.41, 5.74) is 9.12. The fourth-order valence-electron chi connectivity index (χ4n) is 2.11. The number of nitrogens with two attached hydrogens (primary N) is 1. The first-order chi connectivity index (χ1) is 10.0. The van der Waals surface area contributed by atoms with E-state index in [0.29, 0.717) is 5.69 Å². The standard InChI is InChI=1S/C16H21N3O2/c1-4-14-9-15(19(3)18-14)10-21-16(20)11(2)12-6-5-7-13(17)8-12/h5-9,11H,4,10,17H2,1-3H3. The van der Waals surface area contributed by atoms with E-state index in [-0.39, 0.29) is 18.5 Å². The molecule has 1 aromatic heterocycles. The number of carbonyl (C=O) groups excluding carboxylic acids is 1. The van der Waals surface area contributed by atoms with Crippen LogP contribution in [0.15, 0.2) is 30.3 Å². The van der Waals surface area contributed by atoms with Crippen LogP contribution in [-0.2, 0) is 29.6 Å². The number of rotatable bonds is 5. The van der Waals surface area contributed by atoms with Crippen molar-refractivity contribution < 1.29 is 9.53 Å². The van der Waals surface area contributed by atoms with Gasteiger partial charge in [-0.2, -0.15) is 5.10 Å². The van der Waals surface area contributed by atoms with E-state index in [1.807, 2.05) is 39.1 Å². The first-order valence-corrected chi connectivity index (χ1v) is 7.05. The first kappa shape index (κ1) is 15.1. The van der Waals surface area contributed by atoms with Crippen molar-refractivity contribution in [2.45, 2.75) is 32.8 Å². The van der Waals surface area contributed by atoms with E-state index in [0.717, 1.165) is 23.4 Å². The molecule has 0 radical (unpaired) electrons. The number of hydrogen-bond acceptors (Lipinski definition) is 4. The molecular formula is C16H21N3O2. The third-order valence-corrected chi connectivity index (χ3v) is 3.52. The van der Waals surface area contributed by atoms with Gasteiger partial charge in [-0.05, 0) is 37.1 Å². The molecular weight excluding hydrogens is 266 g/mol. The molecule has 5 heteroatoms. The maximum absolute atomic E-state index is 12.1. The lowest BCUT2D eigenvalue weighted by atomic mass is 10.0. The van der Waals surface area contributed by atoms with E-state index in [1.165, 1.54) is 0 Å². The van der Waals surface area contributed by atoms with Gasteiger partial charge >= 0.3 is 5.97 Å². The molecule has 0 fully saturated rings. The summed E-state index contributed by atoms with van der Waals surface area (Å²) in [6.45, 7) is 4.09. The van der Waals surface area contributed by atoms with Crippen molar-refractivity contribution in [3.8, 4) is 0 Å². The second-order valence-electron chi connectivity index (χ2n) is 5.10. The summed E-state index contributed by atoms with van der Waals surface area (Å²) < 4.78 is 7.13. The minimum atomic E-state index is -0.340. The molecule has 2 rings (SSSR count). The van der Waals surface area contributed by atoms with E-state index < -0.39 is 0 Å². The highest BCUT2D eigenvalue weighted by Gasteiger charge is 2.17. The SMILES string of the molecule is CCc1cc(COC(=O)C(C)c2cccc(N)c2)n(C)n1. The molecule has 0 aliphatic rings. The van der Waals surface area contributed by atoms with Crippen LogP contribution in [0.25, 0.3) is 0 Å². The molecule has 112 valence electrons. The molecule has 0 saturated heterocycles. The van der Waals surface area contributed by atoms with Crippen LogP contribution >= 0.6 is 0 Å². The lowest BCUT2D eigenvalue weighted by Gasteiger charge is -2.12. The van der Waals surface area contributed by atoms with Gasteiger partial charge in [0.05, 0.1) is 17.3 Å². The number of aromatic nitrogens is 2. The van der Waals surface area contributed by atoms with Crippen LogP contribution in [0.3, 0.4) is 0 Å². The van der Waals surface area contributed by atoms with Crippen LogP contribution in [0.1, 0.15) is 36.7 Å². The second kappa shape index (κ2) is 6.43. The number of nitrogen functional groups attached to an aromatic ring is 1. The van der Waals surface area contributed by atoms with E-state index in [2.05, 4.69) is 5.10 Å². The molecule has 0 amide bonds. The Balaban J connectivity index is 1.99. The lowest BCUT2D eigenvalue weighted by molar-refractivity contribution is -0.146. The van der Waals surface area contributed by atoms with Crippen molar-refractivity contribution >= 4 is 11.7 Å². The summed E-state index contributed by atoms with van der Waals surface area (Å²) in [5, 5.41) is 4.33. The van der Waals surface area contributed by atoms with Crippen molar-refractivity contribution in [3.63, 3.8) is 0 Å². The molecule has 1 aromatic carbocycles. The maximum Gasteiger partial charge on any atom is 0.313 e. The molecule has 0 bridgehead atoms. The molecule has 1 atom stereocenters. The smallest absolute Gasteiger partial charge is 0.313 e. The molecule has 1 unspecified atom stereocenters. The van der Waals surface area contributed by atoms with Crippen LogP contribution < -0.4 is 5.73 Å². The van der Waals surface area contributed by atoms with Crippen molar-refractivity contribution in [2.24, 2.45) is 7.05 Å². The van der Waals surface area contributed by atoms with E-state index in [1.54, 1.807) is 16.8 Å².